The Morgan fingerprint density at radius 3 is 2.54 bits per heavy atom. The lowest BCUT2D eigenvalue weighted by molar-refractivity contribution is 0.417. The van der Waals surface area contributed by atoms with Crippen LogP contribution in [0.1, 0.15) is 29.9 Å². The van der Waals surface area contributed by atoms with Crippen LogP contribution in [0.4, 0.5) is 10.1 Å². The maximum Gasteiger partial charge on any atom is 0.332 e. The van der Waals surface area contributed by atoms with Crippen LogP contribution in [0.3, 0.4) is 0 Å². The maximum absolute atomic E-state index is 13.8. The predicted octanol–water partition coefficient (Wildman–Crippen LogP) is 0.860. The van der Waals surface area contributed by atoms with Crippen molar-refractivity contribution in [3.05, 3.63) is 74.7 Å². The Morgan fingerprint density at radius 2 is 1.97 bits per heavy atom. The molecule has 35 heavy (non-hydrogen) atoms. The number of rotatable bonds is 8. The standard InChI is InChI=1S/C22H24FN7O4S/c1-14-24-9-16(26-14)12-28-19-4-3-17(30(35(33)34)22(13-23)5-6-22)7-18(19)20(31)29(21(28)32)11-15-8-25-27(2)10-15/h3-4,7-10,35H,5-6,11-13H2,1-2H3,(H,24,26). The highest BCUT2D eigenvalue weighted by atomic mass is 32.2. The number of H-pyrrole nitrogens is 1. The number of hydrogen-bond acceptors (Lipinski definition) is 6. The first-order chi connectivity index (χ1) is 16.7. The maximum atomic E-state index is 13.8. The van der Waals surface area contributed by atoms with Crippen molar-refractivity contribution in [1.29, 1.82) is 0 Å². The number of thiol groups is 1. The van der Waals surface area contributed by atoms with Crippen LogP contribution in [-0.4, -0.2) is 49.5 Å². The topological polar surface area (TPSA) is 128 Å². The van der Waals surface area contributed by atoms with E-state index in [0.717, 1.165) is 8.87 Å². The summed E-state index contributed by atoms with van der Waals surface area (Å²) in [6.45, 7) is 1.05. The lowest BCUT2D eigenvalue weighted by atomic mass is 10.2. The minimum atomic E-state index is -3.14. The van der Waals surface area contributed by atoms with Crippen LogP contribution in [0.2, 0.25) is 0 Å². The molecule has 0 bridgehead atoms. The fourth-order valence-electron chi connectivity index (χ4n) is 4.37. The Labute approximate surface area is 200 Å². The second-order valence-corrected chi connectivity index (χ2v) is 9.74. The van der Waals surface area contributed by atoms with Gasteiger partial charge in [-0.1, -0.05) is 0 Å². The van der Waals surface area contributed by atoms with Crippen LogP contribution in [0, 0.1) is 6.92 Å². The summed E-state index contributed by atoms with van der Waals surface area (Å²) in [7, 11) is -1.41. The van der Waals surface area contributed by atoms with E-state index < -0.39 is 34.4 Å². The Bertz CT molecular complexity index is 1620. The number of fused-ring (bicyclic) bond motifs is 1. The molecule has 3 heterocycles. The zero-order valence-electron chi connectivity index (χ0n) is 19.1. The number of benzene rings is 1. The van der Waals surface area contributed by atoms with E-state index in [9.17, 15) is 22.4 Å². The first kappa shape index (κ1) is 23.0. The smallest absolute Gasteiger partial charge is 0.332 e. The molecule has 0 aliphatic heterocycles. The molecule has 0 spiro atoms. The fraction of sp³-hybridized carbons (Fsp3) is 0.364. The Morgan fingerprint density at radius 1 is 1.20 bits per heavy atom. The number of aromatic amines is 1. The van der Waals surface area contributed by atoms with Gasteiger partial charge < -0.3 is 4.98 Å². The third-order valence-electron chi connectivity index (χ3n) is 6.32. The zero-order valence-corrected chi connectivity index (χ0v) is 20.0. The van der Waals surface area contributed by atoms with Crippen LogP contribution >= 0.6 is 0 Å². The van der Waals surface area contributed by atoms with Crippen LogP contribution < -0.4 is 15.6 Å². The molecule has 13 heteroatoms. The van der Waals surface area contributed by atoms with E-state index in [1.165, 1.54) is 22.8 Å². The molecule has 1 saturated carbocycles. The molecular weight excluding hydrogens is 477 g/mol. The molecule has 0 atom stereocenters. The quantitative estimate of drug-likeness (QED) is 0.345. The van der Waals surface area contributed by atoms with Crippen molar-refractivity contribution < 1.29 is 12.8 Å². The summed E-state index contributed by atoms with van der Waals surface area (Å²) in [6.07, 6.45) is 5.74. The van der Waals surface area contributed by atoms with Gasteiger partial charge in [-0.2, -0.15) is 5.10 Å². The molecule has 11 nitrogen and oxygen atoms in total. The van der Waals surface area contributed by atoms with Crippen LogP contribution in [0.5, 0.6) is 0 Å². The number of aryl methyl sites for hydroxylation is 2. The largest absolute Gasteiger partial charge is 0.348 e. The molecule has 1 aliphatic carbocycles. The fourth-order valence-corrected chi connectivity index (χ4v) is 5.28. The zero-order chi connectivity index (χ0) is 24.9. The molecule has 3 aromatic heterocycles. The number of aromatic nitrogens is 6. The van der Waals surface area contributed by atoms with Gasteiger partial charge in [0.25, 0.3) is 5.56 Å². The summed E-state index contributed by atoms with van der Waals surface area (Å²) in [4.78, 5) is 34.3. The molecule has 1 aromatic carbocycles. The second-order valence-electron chi connectivity index (χ2n) is 8.87. The van der Waals surface area contributed by atoms with Gasteiger partial charge in [-0.05, 0) is 38.0 Å². The average Bonchev–Trinajstić information content (AvgIpc) is 3.31. The average molecular weight is 502 g/mol. The number of nitrogens with zero attached hydrogens (tertiary/aromatic N) is 6. The molecule has 1 N–H and O–H groups in total. The van der Waals surface area contributed by atoms with Crippen LogP contribution in [0.15, 0.2) is 46.4 Å². The minimum Gasteiger partial charge on any atom is -0.348 e. The molecule has 4 aromatic rings. The van der Waals surface area contributed by atoms with E-state index >= 15 is 0 Å². The van der Waals surface area contributed by atoms with Gasteiger partial charge in [0.1, 0.15) is 12.5 Å². The molecule has 0 unspecified atom stereocenters. The van der Waals surface area contributed by atoms with Crippen molar-refractivity contribution >= 4 is 27.5 Å². The van der Waals surface area contributed by atoms with Crippen molar-refractivity contribution in [2.75, 3.05) is 11.0 Å². The number of nitrogens with one attached hydrogen (secondary N) is 1. The first-order valence-electron chi connectivity index (χ1n) is 11.0. The third kappa shape index (κ3) is 4.05. The van der Waals surface area contributed by atoms with Crippen molar-refractivity contribution in [3.63, 3.8) is 0 Å². The van der Waals surface area contributed by atoms with Gasteiger partial charge in [-0.15, -0.1) is 0 Å². The van der Waals surface area contributed by atoms with Gasteiger partial charge in [-0.3, -0.25) is 22.9 Å². The van der Waals surface area contributed by atoms with Crippen LogP contribution in [-0.2, 0) is 31.0 Å². The lowest BCUT2D eigenvalue weighted by Crippen LogP contribution is -2.41. The Kier molecular flexibility index (Phi) is 5.58. The van der Waals surface area contributed by atoms with Crippen molar-refractivity contribution in [3.8, 4) is 0 Å². The molecule has 0 saturated heterocycles. The summed E-state index contributed by atoms with van der Waals surface area (Å²) in [5, 5.41) is 4.24. The van der Waals surface area contributed by atoms with E-state index in [2.05, 4.69) is 15.1 Å². The minimum absolute atomic E-state index is 0.0147. The first-order valence-corrected chi connectivity index (χ1v) is 12.1. The lowest BCUT2D eigenvalue weighted by Gasteiger charge is -2.26. The molecule has 0 radical (unpaired) electrons. The predicted molar refractivity (Wildman–Crippen MR) is 128 cm³/mol. The summed E-state index contributed by atoms with van der Waals surface area (Å²) >= 11 is 0. The number of halogens is 1. The normalized spacial score (nSPS) is 14.6. The van der Waals surface area contributed by atoms with E-state index in [4.69, 9.17) is 0 Å². The highest BCUT2D eigenvalue weighted by Gasteiger charge is 2.50. The number of imidazole rings is 1. The Balaban J connectivity index is 1.72. The van der Waals surface area contributed by atoms with Gasteiger partial charge >= 0.3 is 5.69 Å². The molecular formula is C22H24FN7O4S. The number of alkyl halides is 1. The van der Waals surface area contributed by atoms with Gasteiger partial charge in [0.2, 0.25) is 10.9 Å². The van der Waals surface area contributed by atoms with E-state index in [0.29, 0.717) is 35.4 Å². The highest BCUT2D eigenvalue weighted by Crippen LogP contribution is 2.45. The van der Waals surface area contributed by atoms with E-state index in [-0.39, 0.29) is 24.2 Å². The molecule has 1 fully saturated rings. The SMILES string of the molecule is Cc1nc(Cn2c(=O)n(Cc3cnn(C)c3)c(=O)c3cc(N([SH](=O)=O)C4(CF)CC4)ccc32)c[nH]1. The van der Waals surface area contributed by atoms with E-state index in [1.54, 1.807) is 37.2 Å². The summed E-state index contributed by atoms with van der Waals surface area (Å²) < 4.78 is 43.0. The highest BCUT2D eigenvalue weighted by molar-refractivity contribution is 7.74. The van der Waals surface area contributed by atoms with Crippen molar-refractivity contribution in [2.24, 2.45) is 7.05 Å². The van der Waals surface area contributed by atoms with Gasteiger partial charge in [-0.25, -0.2) is 22.6 Å². The van der Waals surface area contributed by atoms with Crippen LogP contribution in [0.25, 0.3) is 10.9 Å². The van der Waals surface area contributed by atoms with Gasteiger partial charge in [0.05, 0.1) is 47.1 Å². The van der Waals surface area contributed by atoms with Crippen molar-refractivity contribution in [2.45, 2.75) is 38.4 Å². The third-order valence-corrected chi connectivity index (χ3v) is 7.30. The second kappa shape index (κ2) is 8.48. The summed E-state index contributed by atoms with van der Waals surface area (Å²) in [5.41, 5.74) is -0.445. The molecule has 5 rings (SSSR count). The van der Waals surface area contributed by atoms with E-state index in [1.807, 2.05) is 0 Å². The molecule has 184 valence electrons. The molecule has 1 aliphatic rings. The van der Waals surface area contributed by atoms with Gasteiger partial charge in [0, 0.05) is 25.0 Å². The Hall–Kier alpha value is -3.74. The van der Waals surface area contributed by atoms with Crippen molar-refractivity contribution in [1.82, 2.24) is 28.9 Å². The summed E-state index contributed by atoms with van der Waals surface area (Å²) in [5.74, 6) is 0.680. The number of anilines is 1. The molecule has 0 amide bonds. The van der Waals surface area contributed by atoms with Gasteiger partial charge in [0.15, 0.2) is 0 Å². The monoisotopic (exact) mass is 501 g/mol. The number of hydrogen-bond donors (Lipinski definition) is 2. The summed E-state index contributed by atoms with van der Waals surface area (Å²) in [6, 6.07) is 4.45.